The summed E-state index contributed by atoms with van der Waals surface area (Å²) < 4.78 is 11.6. The molecule has 8 nitrogen and oxygen atoms in total. The number of hydrogen-bond acceptors (Lipinski definition) is 7. The Bertz CT molecular complexity index is 1230. The highest BCUT2D eigenvalue weighted by Crippen LogP contribution is 2.34. The van der Waals surface area contributed by atoms with Crippen molar-refractivity contribution < 1.29 is 19.1 Å². The molecule has 0 aliphatic carbocycles. The van der Waals surface area contributed by atoms with Crippen LogP contribution in [0.1, 0.15) is 37.8 Å². The average Bonchev–Trinajstić information content (AvgIpc) is 3.04. The monoisotopic (exact) mass is 724 g/mol. The Morgan fingerprint density at radius 2 is 1.23 bits per heavy atom. The number of ether oxygens (including phenoxy) is 2. The van der Waals surface area contributed by atoms with Crippen molar-refractivity contribution in [3.63, 3.8) is 0 Å². The molecule has 4 heterocycles. The lowest BCUT2D eigenvalue weighted by atomic mass is 9.80. The van der Waals surface area contributed by atoms with Gasteiger partial charge in [-0.05, 0) is 64.6 Å². The largest absolute Gasteiger partial charge is 0.643 e. The van der Waals surface area contributed by atoms with Crippen LogP contribution in [0.2, 0.25) is 0 Å². The number of fused-ring (bicyclic) bond motifs is 2. The first-order chi connectivity index (χ1) is 22.1. The quantitative estimate of drug-likeness (QED) is 0.289. The third-order valence-corrected chi connectivity index (χ3v) is 9.65. The minimum absolute atomic E-state index is 0. The minimum atomic E-state index is -1.72. The highest BCUT2D eigenvalue weighted by molar-refractivity contribution is 7.54. The van der Waals surface area contributed by atoms with E-state index in [0.717, 1.165) is 31.2 Å². The first-order valence-electron chi connectivity index (χ1n) is 16.1. The molecule has 4 aliphatic rings. The summed E-state index contributed by atoms with van der Waals surface area (Å²) in [5.74, 6) is 0.271. The van der Waals surface area contributed by atoms with Crippen molar-refractivity contribution >= 4 is 53.2 Å². The molecule has 12 heteroatoms. The predicted octanol–water partition coefficient (Wildman–Crippen LogP) is 5.48. The second-order valence-electron chi connectivity index (χ2n) is 13.0. The Hall–Kier alpha value is -1.22. The highest BCUT2D eigenvalue weighted by atomic mass is 35.8. The van der Waals surface area contributed by atoms with Crippen LogP contribution in [-0.4, -0.2) is 128 Å². The lowest BCUT2D eigenvalue weighted by Gasteiger charge is -2.49. The van der Waals surface area contributed by atoms with Crippen LogP contribution < -0.4 is 0 Å². The fourth-order valence-electron chi connectivity index (χ4n) is 7.34. The number of ketones is 1. The highest BCUT2D eigenvalue weighted by Gasteiger charge is 2.47. The van der Waals surface area contributed by atoms with Crippen LogP contribution in [0.15, 0.2) is 60.7 Å². The number of carbonyl (C=O) groups excluding carboxylic acids is 2. The van der Waals surface area contributed by atoms with Gasteiger partial charge in [-0.15, -0.1) is 0 Å². The maximum atomic E-state index is 12.4. The molecular weight excluding hydrogens is 674 g/mol. The Morgan fingerprint density at radius 1 is 0.745 bits per heavy atom. The molecule has 6 rings (SSSR count). The van der Waals surface area contributed by atoms with Crippen molar-refractivity contribution in [1.29, 1.82) is 0 Å². The number of benzene rings is 2. The first kappa shape index (κ1) is 40.2. The van der Waals surface area contributed by atoms with Crippen LogP contribution in [0.4, 0.5) is 0 Å². The number of likely N-dealkylation sites (N-methyl/N-ethyl adjacent to an activating group) is 2. The van der Waals surface area contributed by atoms with Gasteiger partial charge >= 0.3 is 11.4 Å². The van der Waals surface area contributed by atoms with Crippen molar-refractivity contribution in [2.75, 3.05) is 61.2 Å². The smallest absolute Gasteiger partial charge is 0.378 e. The molecular formula is C35H52AlCl3N4O4. The maximum Gasteiger partial charge on any atom is 0.643 e. The number of nitrogens with zero attached hydrogens (tertiary/aromatic N) is 4. The van der Waals surface area contributed by atoms with E-state index in [4.69, 9.17) is 39.6 Å². The fraction of sp³-hybridized carbons (Fsp3) is 0.600. The molecule has 0 aromatic heterocycles. The van der Waals surface area contributed by atoms with E-state index in [-0.39, 0.29) is 37.1 Å². The number of hydrogen-bond donors (Lipinski definition) is 0. The average molecular weight is 726 g/mol. The Morgan fingerprint density at radius 3 is 1.77 bits per heavy atom. The van der Waals surface area contributed by atoms with E-state index in [1.165, 1.54) is 24.9 Å². The van der Waals surface area contributed by atoms with E-state index in [2.05, 4.69) is 59.1 Å². The zero-order valence-corrected chi connectivity index (χ0v) is 30.9. The Kier molecular flexibility index (Phi) is 17.0. The molecule has 2 aromatic carbocycles. The SMILES string of the molecule is C.CN(C)[C@H]1COC[C@@H]2[C@@H]1CC(=O)C(=O)N2Cc1ccccc1.CN(C)[C@H]1COC[C@@H]2[C@@H]1CCCN2Cc1ccccc1.[Cl][Al]([Cl])[Cl]. The summed E-state index contributed by atoms with van der Waals surface area (Å²) in [6, 6.07) is 21.9. The molecule has 2 aromatic rings. The van der Waals surface area contributed by atoms with Gasteiger partial charge in [0.1, 0.15) is 0 Å². The van der Waals surface area contributed by atoms with Gasteiger partial charge in [0.2, 0.25) is 5.78 Å². The summed E-state index contributed by atoms with van der Waals surface area (Å²) in [5.41, 5.74) is 2.46. The Labute approximate surface area is 299 Å². The third-order valence-electron chi connectivity index (χ3n) is 9.65. The van der Waals surface area contributed by atoms with Gasteiger partial charge in [-0.2, -0.15) is 0 Å². The molecule has 4 aliphatic heterocycles. The summed E-state index contributed by atoms with van der Waals surface area (Å²) in [4.78, 5) is 33.3. The lowest BCUT2D eigenvalue weighted by Crippen LogP contribution is -2.62. The molecule has 4 fully saturated rings. The molecule has 1 amide bonds. The van der Waals surface area contributed by atoms with Crippen LogP contribution in [-0.2, 0) is 32.2 Å². The standard InChI is InChI=1S/C17H22N2O3.C17H26N2O.CH4.Al.3ClH/c1-18(2)14-10-22-11-15-13(14)8-16(20)17(21)19(15)9-12-6-4-3-5-7-12;1-18(2)16-12-20-13-17-15(16)9-6-10-19(17)11-14-7-4-3-5-8-14;;;;;/h3-7,13-15H,8-11H2,1-2H3;3-5,7-8,15-17H,6,9-13H2,1-2H3;1H4;;3*1H/q;;;+3;;;/p-3/t13-,14+,15-;15-,16+,17-;;;;;/m11...../s1. The fourth-order valence-corrected chi connectivity index (χ4v) is 7.34. The van der Waals surface area contributed by atoms with Crippen LogP contribution >= 0.6 is 30.1 Å². The summed E-state index contributed by atoms with van der Waals surface area (Å²) in [6.07, 6.45) is 3.00. The zero-order valence-electron chi connectivity index (χ0n) is 27.4. The molecule has 0 saturated carbocycles. The van der Waals surface area contributed by atoms with Crippen molar-refractivity contribution in [3.05, 3.63) is 71.8 Å². The molecule has 0 spiro atoms. The van der Waals surface area contributed by atoms with Crippen LogP contribution in [0.3, 0.4) is 0 Å². The van der Waals surface area contributed by atoms with E-state index in [9.17, 15) is 9.59 Å². The number of carbonyl (C=O) groups is 2. The van der Waals surface area contributed by atoms with Gasteiger partial charge in [0, 0.05) is 43.6 Å². The number of halogens is 3. The second-order valence-corrected chi connectivity index (χ2v) is 19.4. The summed E-state index contributed by atoms with van der Waals surface area (Å²) >= 11 is -1.72. The van der Waals surface area contributed by atoms with Gasteiger partial charge in [0.15, 0.2) is 0 Å². The van der Waals surface area contributed by atoms with E-state index in [0.29, 0.717) is 38.3 Å². The maximum absolute atomic E-state index is 12.4. The second kappa shape index (κ2) is 19.8. The number of Topliss-reactive ketones (excluding diaryl/α,β-unsaturated/α-hetero) is 1. The van der Waals surface area contributed by atoms with Gasteiger partial charge in [-0.25, -0.2) is 30.1 Å². The van der Waals surface area contributed by atoms with Crippen LogP contribution in [0.25, 0.3) is 0 Å². The summed E-state index contributed by atoms with van der Waals surface area (Å²) in [5, 5.41) is 0. The van der Waals surface area contributed by atoms with E-state index in [1.807, 2.05) is 44.4 Å². The van der Waals surface area contributed by atoms with E-state index in [1.54, 1.807) is 4.90 Å². The number of amides is 1. The predicted molar refractivity (Wildman–Crippen MR) is 194 cm³/mol. The molecule has 6 atom stereocenters. The summed E-state index contributed by atoms with van der Waals surface area (Å²) in [6.45, 7) is 5.67. The van der Waals surface area contributed by atoms with Crippen molar-refractivity contribution in [3.8, 4) is 0 Å². The van der Waals surface area contributed by atoms with Crippen molar-refractivity contribution in [2.24, 2.45) is 11.8 Å². The molecule has 0 unspecified atom stereocenters. The molecule has 0 N–H and O–H groups in total. The molecule has 47 heavy (non-hydrogen) atoms. The third kappa shape index (κ3) is 11.4. The van der Waals surface area contributed by atoms with Crippen LogP contribution in [0.5, 0.6) is 0 Å². The zero-order chi connectivity index (χ0) is 33.2. The van der Waals surface area contributed by atoms with Gasteiger partial charge < -0.3 is 24.2 Å². The number of rotatable bonds is 6. The lowest BCUT2D eigenvalue weighted by molar-refractivity contribution is -0.161. The number of likely N-dealkylation sites (tertiary alicyclic amines) is 2. The normalized spacial score (nSPS) is 27.4. The van der Waals surface area contributed by atoms with E-state index < -0.39 is 11.4 Å². The molecule has 0 bridgehead atoms. The Balaban J connectivity index is 0.000000226. The van der Waals surface area contributed by atoms with Gasteiger partial charge in [-0.3, -0.25) is 14.5 Å². The van der Waals surface area contributed by atoms with E-state index >= 15 is 0 Å². The number of piperidine rings is 2. The van der Waals surface area contributed by atoms with Gasteiger partial charge in [-0.1, -0.05) is 68.1 Å². The van der Waals surface area contributed by atoms with Gasteiger partial charge in [0.05, 0.1) is 32.5 Å². The topological polar surface area (TPSA) is 65.6 Å². The van der Waals surface area contributed by atoms with Gasteiger partial charge in [0.25, 0.3) is 5.91 Å². The molecule has 0 radical (unpaired) electrons. The van der Waals surface area contributed by atoms with Crippen molar-refractivity contribution in [2.45, 2.75) is 63.9 Å². The minimum Gasteiger partial charge on any atom is -0.378 e. The molecule has 260 valence electrons. The van der Waals surface area contributed by atoms with Crippen LogP contribution in [0, 0.1) is 11.8 Å². The summed E-state index contributed by atoms with van der Waals surface area (Å²) in [7, 11) is 23.2. The molecule has 4 saturated heterocycles. The van der Waals surface area contributed by atoms with Crippen molar-refractivity contribution in [1.82, 2.24) is 19.6 Å². The first-order valence-corrected chi connectivity index (χ1v) is 21.4.